The number of carbonyl (C=O) groups excluding carboxylic acids is 2. The average Bonchev–Trinajstić information content (AvgIpc) is 3.45. The lowest BCUT2D eigenvalue weighted by molar-refractivity contribution is -0.139. The number of rotatable bonds is 9. The SMILES string of the molecule is COC(=O)Cc1ccc2c(c1)NC(=O)CCCCC(c1ccc(-c3c(F)cc(N)c(Cl)c3F)cn1)c1nc-2cn1COCC[Si](C)(C)C. The summed E-state index contributed by atoms with van der Waals surface area (Å²) in [6, 6.07) is 10.8. The molecule has 0 fully saturated rings. The van der Waals surface area contributed by atoms with Crippen LogP contribution in [0.4, 0.5) is 20.2 Å². The summed E-state index contributed by atoms with van der Waals surface area (Å²) in [4.78, 5) is 34.8. The van der Waals surface area contributed by atoms with Crippen molar-refractivity contribution in [1.82, 2.24) is 14.5 Å². The number of aromatic nitrogens is 3. The van der Waals surface area contributed by atoms with E-state index in [0.717, 1.165) is 12.1 Å². The van der Waals surface area contributed by atoms with E-state index in [1.165, 1.54) is 13.3 Å². The van der Waals surface area contributed by atoms with E-state index in [1.54, 1.807) is 18.2 Å². The topological polar surface area (TPSA) is 121 Å². The van der Waals surface area contributed by atoms with Gasteiger partial charge in [-0.05, 0) is 42.6 Å². The summed E-state index contributed by atoms with van der Waals surface area (Å²) >= 11 is 5.99. The molecule has 1 amide bonds. The standard InChI is InChI=1S/C35H40ClF2N5O4Si/c1-46-31(45)16-21-9-11-23-28(15-21)41-30(44)8-6-5-7-24(35-42-29(23)19-43(35)20-47-13-14-48(2,3)4)27-12-10-22(18-40-27)32-25(37)17-26(39)33(36)34(32)38/h9-12,15,17-19,24H,5-8,13-14,16,20,39H2,1-4H3,(H,41,44). The molecule has 2 aromatic carbocycles. The van der Waals surface area contributed by atoms with Gasteiger partial charge in [-0.3, -0.25) is 14.6 Å². The molecule has 1 aliphatic rings. The van der Waals surface area contributed by atoms with Gasteiger partial charge in [0.25, 0.3) is 0 Å². The first-order chi connectivity index (χ1) is 22.8. The molecule has 2 bridgehead atoms. The number of carbonyl (C=O) groups is 2. The second-order valence-electron chi connectivity index (χ2n) is 13.2. The van der Waals surface area contributed by atoms with Crippen LogP contribution in [0.5, 0.6) is 0 Å². The molecule has 0 spiro atoms. The lowest BCUT2D eigenvalue weighted by Crippen LogP contribution is -2.22. The Morgan fingerprint density at radius 1 is 1.17 bits per heavy atom. The Balaban J connectivity index is 1.57. The van der Waals surface area contributed by atoms with E-state index in [9.17, 15) is 18.4 Å². The highest BCUT2D eigenvalue weighted by Gasteiger charge is 2.26. The Bertz CT molecular complexity index is 1810. The van der Waals surface area contributed by atoms with E-state index in [4.69, 9.17) is 31.8 Å². The highest BCUT2D eigenvalue weighted by atomic mass is 35.5. The van der Waals surface area contributed by atoms with Gasteiger partial charge in [-0.2, -0.15) is 0 Å². The molecule has 13 heteroatoms. The Morgan fingerprint density at radius 2 is 1.96 bits per heavy atom. The number of methoxy groups -OCH3 is 1. The maximum absolute atomic E-state index is 15.0. The van der Waals surface area contributed by atoms with Crippen molar-refractivity contribution in [2.45, 2.75) is 70.4 Å². The van der Waals surface area contributed by atoms with Crippen molar-refractivity contribution >= 4 is 42.9 Å². The van der Waals surface area contributed by atoms with Crippen LogP contribution in [0.2, 0.25) is 30.7 Å². The molecule has 1 atom stereocenters. The van der Waals surface area contributed by atoms with Gasteiger partial charge in [0.05, 0.1) is 47.8 Å². The number of esters is 1. The van der Waals surface area contributed by atoms with E-state index in [-0.39, 0.29) is 52.8 Å². The van der Waals surface area contributed by atoms with Crippen LogP contribution in [-0.4, -0.2) is 48.2 Å². The van der Waals surface area contributed by atoms with Gasteiger partial charge in [-0.25, -0.2) is 13.8 Å². The number of nitrogens with zero attached hydrogens (tertiary/aromatic N) is 3. The number of anilines is 2. The van der Waals surface area contributed by atoms with Gasteiger partial charge in [0.15, 0.2) is 5.82 Å². The number of nitrogens with one attached hydrogen (secondary N) is 1. The minimum atomic E-state index is -1.33. The van der Waals surface area contributed by atoms with Crippen LogP contribution in [0.25, 0.3) is 22.4 Å². The number of imidazole rings is 1. The molecule has 3 heterocycles. The molecule has 2 aromatic heterocycles. The summed E-state index contributed by atoms with van der Waals surface area (Å²) in [5.41, 5.74) is 8.56. The maximum Gasteiger partial charge on any atom is 0.309 e. The van der Waals surface area contributed by atoms with E-state index in [1.807, 2.05) is 22.9 Å². The maximum atomic E-state index is 15.0. The van der Waals surface area contributed by atoms with Crippen molar-refractivity contribution in [3.63, 3.8) is 0 Å². The largest absolute Gasteiger partial charge is 0.469 e. The fourth-order valence-corrected chi connectivity index (χ4v) is 6.55. The molecule has 0 saturated heterocycles. The third-order valence-corrected chi connectivity index (χ3v) is 10.4. The molecular weight excluding hydrogens is 656 g/mol. The van der Waals surface area contributed by atoms with Gasteiger partial charge in [0.2, 0.25) is 5.91 Å². The summed E-state index contributed by atoms with van der Waals surface area (Å²) in [5, 5.41) is 2.67. The third-order valence-electron chi connectivity index (χ3n) is 8.32. The molecule has 254 valence electrons. The number of halogens is 3. The molecule has 0 saturated carbocycles. The van der Waals surface area contributed by atoms with Crippen LogP contribution >= 0.6 is 11.6 Å². The van der Waals surface area contributed by atoms with Gasteiger partial charge in [0.1, 0.15) is 23.4 Å². The number of fused-ring (bicyclic) bond motifs is 4. The number of amides is 1. The van der Waals surface area contributed by atoms with E-state index in [0.29, 0.717) is 66.3 Å². The Morgan fingerprint density at radius 3 is 2.67 bits per heavy atom. The monoisotopic (exact) mass is 695 g/mol. The summed E-state index contributed by atoms with van der Waals surface area (Å²) in [6.07, 6.45) is 5.59. The van der Waals surface area contributed by atoms with Gasteiger partial charge < -0.3 is 25.1 Å². The van der Waals surface area contributed by atoms with E-state index >= 15 is 0 Å². The zero-order valence-corrected chi connectivity index (χ0v) is 29.3. The van der Waals surface area contributed by atoms with E-state index in [2.05, 4.69) is 29.9 Å². The normalized spacial score (nSPS) is 15.2. The predicted molar refractivity (Wildman–Crippen MR) is 185 cm³/mol. The minimum absolute atomic E-state index is 0.0599. The van der Waals surface area contributed by atoms with Crippen molar-refractivity contribution in [2.24, 2.45) is 0 Å². The Hall–Kier alpha value is -4.13. The van der Waals surface area contributed by atoms with Crippen LogP contribution < -0.4 is 11.1 Å². The first-order valence-corrected chi connectivity index (χ1v) is 20.0. The Labute approximate surface area is 284 Å². The highest BCUT2D eigenvalue weighted by molar-refractivity contribution is 6.76. The second kappa shape index (κ2) is 15.0. The molecular formula is C35H40ClF2N5O4Si. The van der Waals surface area contributed by atoms with E-state index < -0.39 is 19.7 Å². The molecule has 48 heavy (non-hydrogen) atoms. The lowest BCUT2D eigenvalue weighted by atomic mass is 9.94. The van der Waals surface area contributed by atoms with Crippen LogP contribution in [0.15, 0.2) is 48.8 Å². The smallest absolute Gasteiger partial charge is 0.309 e. The lowest BCUT2D eigenvalue weighted by Gasteiger charge is -2.20. The molecule has 5 rings (SSSR count). The number of nitrogens with two attached hydrogens (primary N) is 1. The highest BCUT2D eigenvalue weighted by Crippen LogP contribution is 2.37. The van der Waals surface area contributed by atoms with Crippen molar-refractivity contribution in [3.8, 4) is 22.4 Å². The zero-order valence-electron chi connectivity index (χ0n) is 27.5. The molecule has 1 aliphatic heterocycles. The third kappa shape index (κ3) is 8.29. The zero-order chi connectivity index (χ0) is 34.6. The molecule has 0 radical (unpaired) electrons. The van der Waals surface area contributed by atoms with Crippen molar-refractivity contribution in [3.05, 3.63) is 82.5 Å². The van der Waals surface area contributed by atoms with Crippen LogP contribution in [0.3, 0.4) is 0 Å². The fraction of sp³-hybridized carbons (Fsp3) is 0.371. The van der Waals surface area contributed by atoms with Gasteiger partial charge in [-0.1, -0.05) is 55.9 Å². The first-order valence-electron chi connectivity index (χ1n) is 15.9. The number of hydrogen-bond acceptors (Lipinski definition) is 7. The Kier molecular flexibility index (Phi) is 11.0. The summed E-state index contributed by atoms with van der Waals surface area (Å²) in [6.45, 7) is 7.73. The van der Waals surface area contributed by atoms with Crippen LogP contribution in [0, 0.1) is 11.6 Å². The predicted octanol–water partition coefficient (Wildman–Crippen LogP) is 7.80. The number of nitrogen functional groups attached to an aromatic ring is 1. The minimum Gasteiger partial charge on any atom is -0.469 e. The van der Waals surface area contributed by atoms with Gasteiger partial charge in [0, 0.05) is 44.6 Å². The van der Waals surface area contributed by atoms with Gasteiger partial charge in [-0.15, -0.1) is 0 Å². The van der Waals surface area contributed by atoms with Crippen LogP contribution in [0.1, 0.15) is 48.7 Å². The molecule has 1 unspecified atom stereocenters. The summed E-state index contributed by atoms with van der Waals surface area (Å²) in [5.74, 6) is -1.92. The van der Waals surface area contributed by atoms with Gasteiger partial charge >= 0.3 is 5.97 Å². The molecule has 0 aliphatic carbocycles. The quantitative estimate of drug-likeness (QED) is 0.0603. The number of ether oxygens (including phenoxy) is 2. The molecule has 4 aromatic rings. The second-order valence-corrected chi connectivity index (χ2v) is 19.2. The number of hydrogen-bond donors (Lipinski definition) is 2. The number of pyridine rings is 1. The number of benzene rings is 2. The first kappa shape index (κ1) is 35.2. The van der Waals surface area contributed by atoms with Crippen molar-refractivity contribution in [2.75, 3.05) is 24.8 Å². The van der Waals surface area contributed by atoms with Crippen molar-refractivity contribution in [1.29, 1.82) is 0 Å². The van der Waals surface area contributed by atoms with Crippen LogP contribution in [-0.2, 0) is 32.2 Å². The fourth-order valence-electron chi connectivity index (χ4n) is 5.64. The summed E-state index contributed by atoms with van der Waals surface area (Å²) < 4.78 is 42.8. The summed E-state index contributed by atoms with van der Waals surface area (Å²) in [7, 11) is 0.00349. The molecule has 9 nitrogen and oxygen atoms in total. The molecule has 3 N–H and O–H groups in total. The average molecular weight is 696 g/mol. The van der Waals surface area contributed by atoms with Crippen molar-refractivity contribution < 1.29 is 27.8 Å².